The maximum Gasteiger partial charge on any atom is 0.237 e. The Morgan fingerprint density at radius 2 is 1.67 bits per heavy atom. The average Bonchev–Trinajstić information content (AvgIpc) is 2.35. The van der Waals surface area contributed by atoms with Crippen molar-refractivity contribution in [2.75, 3.05) is 6.26 Å². The molecule has 0 aliphatic heterocycles. The second-order valence-corrected chi connectivity index (χ2v) is 8.43. The fraction of sp³-hybridized carbons (Fsp3) is 0.533. The molecule has 0 radical (unpaired) electrons. The molecule has 1 aromatic rings. The second-order valence-electron chi connectivity index (χ2n) is 6.42. The molecule has 118 valence electrons. The summed E-state index contributed by atoms with van der Waals surface area (Å²) in [5.74, 6) is -0.220. The lowest BCUT2D eigenvalue weighted by atomic mass is 9.86. The van der Waals surface area contributed by atoms with Crippen molar-refractivity contribution in [3.63, 3.8) is 0 Å². The van der Waals surface area contributed by atoms with Gasteiger partial charge in [0.2, 0.25) is 5.91 Å². The van der Waals surface area contributed by atoms with Crippen LogP contribution in [0.3, 0.4) is 0 Å². The molecule has 3 N–H and O–H groups in total. The summed E-state index contributed by atoms with van der Waals surface area (Å²) < 4.78 is 22.8. The summed E-state index contributed by atoms with van der Waals surface area (Å²) in [6.45, 7) is 7.55. The molecule has 2 atom stereocenters. The van der Waals surface area contributed by atoms with E-state index >= 15 is 0 Å². The highest BCUT2D eigenvalue weighted by atomic mass is 32.2. The molecule has 0 saturated carbocycles. The Bertz CT molecular complexity index is 601. The molecule has 0 heterocycles. The first kappa shape index (κ1) is 17.7. The van der Waals surface area contributed by atoms with Gasteiger partial charge in [-0.3, -0.25) is 4.79 Å². The number of benzene rings is 1. The average molecular weight is 312 g/mol. The first-order chi connectivity index (χ1) is 9.43. The number of nitrogens with one attached hydrogen (secondary N) is 1. The highest BCUT2D eigenvalue weighted by Crippen LogP contribution is 2.20. The van der Waals surface area contributed by atoms with Gasteiger partial charge < -0.3 is 11.1 Å². The van der Waals surface area contributed by atoms with Crippen molar-refractivity contribution in [3.8, 4) is 0 Å². The highest BCUT2D eigenvalue weighted by Gasteiger charge is 2.28. The van der Waals surface area contributed by atoms with E-state index in [1.807, 2.05) is 27.7 Å². The Morgan fingerprint density at radius 1 is 1.19 bits per heavy atom. The molecule has 1 unspecified atom stereocenters. The van der Waals surface area contributed by atoms with E-state index in [0.29, 0.717) is 0 Å². The first-order valence-corrected chi connectivity index (χ1v) is 8.68. The topological polar surface area (TPSA) is 89.3 Å². The molecule has 0 fully saturated rings. The summed E-state index contributed by atoms with van der Waals surface area (Å²) in [6.07, 6.45) is 1.16. The molecular formula is C15H24N2O3S. The van der Waals surface area contributed by atoms with E-state index in [1.165, 1.54) is 12.1 Å². The van der Waals surface area contributed by atoms with Crippen LogP contribution in [-0.2, 0) is 14.6 Å². The molecule has 0 spiro atoms. The predicted octanol–water partition coefficient (Wildman–Crippen LogP) is 1.64. The number of carbonyl (C=O) groups is 1. The van der Waals surface area contributed by atoms with Gasteiger partial charge in [-0.25, -0.2) is 8.42 Å². The smallest absolute Gasteiger partial charge is 0.237 e. The second kappa shape index (κ2) is 6.15. The normalized spacial score (nSPS) is 15.3. The molecular weight excluding hydrogens is 288 g/mol. The largest absolute Gasteiger partial charge is 0.348 e. The quantitative estimate of drug-likeness (QED) is 0.884. The minimum Gasteiger partial charge on any atom is -0.348 e. The maximum absolute atomic E-state index is 12.1. The van der Waals surface area contributed by atoms with Gasteiger partial charge >= 0.3 is 0 Å². The minimum absolute atomic E-state index is 0.220. The van der Waals surface area contributed by atoms with Gasteiger partial charge in [0.1, 0.15) is 0 Å². The van der Waals surface area contributed by atoms with Crippen LogP contribution in [0.4, 0.5) is 0 Å². The summed E-state index contributed by atoms with van der Waals surface area (Å²) in [6, 6.07) is 5.64. The lowest BCUT2D eigenvalue weighted by molar-refractivity contribution is -0.125. The summed E-state index contributed by atoms with van der Waals surface area (Å²) in [5.41, 5.74) is 6.43. The Labute approximate surface area is 126 Å². The predicted molar refractivity (Wildman–Crippen MR) is 83.5 cm³/mol. The first-order valence-electron chi connectivity index (χ1n) is 6.79. The van der Waals surface area contributed by atoms with Crippen molar-refractivity contribution >= 4 is 15.7 Å². The van der Waals surface area contributed by atoms with E-state index < -0.39 is 15.9 Å². The molecule has 5 nitrogen and oxygen atoms in total. The van der Waals surface area contributed by atoms with Gasteiger partial charge in [-0.05, 0) is 30.0 Å². The van der Waals surface area contributed by atoms with Crippen LogP contribution in [0.25, 0.3) is 0 Å². The van der Waals surface area contributed by atoms with Crippen molar-refractivity contribution < 1.29 is 13.2 Å². The van der Waals surface area contributed by atoms with Gasteiger partial charge in [0, 0.05) is 6.26 Å². The molecule has 0 aromatic heterocycles. The molecule has 0 saturated heterocycles. The Hall–Kier alpha value is -1.40. The van der Waals surface area contributed by atoms with Crippen molar-refractivity contribution in [3.05, 3.63) is 29.8 Å². The van der Waals surface area contributed by atoms with E-state index in [1.54, 1.807) is 12.1 Å². The lowest BCUT2D eigenvalue weighted by Gasteiger charge is -2.27. The van der Waals surface area contributed by atoms with E-state index in [-0.39, 0.29) is 22.3 Å². The molecule has 6 heteroatoms. The number of amides is 1. The molecule has 1 amide bonds. The van der Waals surface area contributed by atoms with Crippen molar-refractivity contribution in [1.29, 1.82) is 0 Å². The van der Waals surface area contributed by atoms with Crippen LogP contribution in [0.15, 0.2) is 29.2 Å². The number of rotatable bonds is 4. The third-order valence-corrected chi connectivity index (χ3v) is 4.51. The van der Waals surface area contributed by atoms with E-state index in [4.69, 9.17) is 5.73 Å². The zero-order valence-corrected chi connectivity index (χ0v) is 14.0. The van der Waals surface area contributed by atoms with Crippen molar-refractivity contribution in [2.24, 2.45) is 11.1 Å². The molecule has 1 aromatic carbocycles. The number of hydrogen-bond donors (Lipinski definition) is 2. The zero-order chi connectivity index (χ0) is 16.4. The van der Waals surface area contributed by atoms with Crippen LogP contribution in [-0.4, -0.2) is 26.6 Å². The van der Waals surface area contributed by atoms with Crippen LogP contribution in [0.2, 0.25) is 0 Å². The van der Waals surface area contributed by atoms with Crippen LogP contribution in [0, 0.1) is 5.41 Å². The SMILES string of the molecule is CC(NC(=O)[C@@H](N)C(C)(C)C)c1ccc(S(C)(=O)=O)cc1. The van der Waals surface area contributed by atoms with Gasteiger partial charge in [-0.15, -0.1) is 0 Å². The van der Waals surface area contributed by atoms with Gasteiger partial charge in [0.15, 0.2) is 9.84 Å². The number of hydrogen-bond acceptors (Lipinski definition) is 4. The molecule has 0 aliphatic rings. The number of sulfone groups is 1. The fourth-order valence-corrected chi connectivity index (χ4v) is 2.41. The summed E-state index contributed by atoms with van der Waals surface area (Å²) in [4.78, 5) is 12.3. The zero-order valence-electron chi connectivity index (χ0n) is 13.2. The lowest BCUT2D eigenvalue weighted by Crippen LogP contribution is -2.49. The monoisotopic (exact) mass is 312 g/mol. The number of carbonyl (C=O) groups excluding carboxylic acids is 1. The van der Waals surface area contributed by atoms with Gasteiger partial charge in [-0.1, -0.05) is 32.9 Å². The Balaban J connectivity index is 2.81. The van der Waals surface area contributed by atoms with Crippen LogP contribution < -0.4 is 11.1 Å². The molecule has 21 heavy (non-hydrogen) atoms. The molecule has 1 rings (SSSR count). The Morgan fingerprint density at radius 3 is 2.05 bits per heavy atom. The third-order valence-electron chi connectivity index (χ3n) is 3.38. The summed E-state index contributed by atoms with van der Waals surface area (Å²) >= 11 is 0. The van der Waals surface area contributed by atoms with Gasteiger partial charge in [0.05, 0.1) is 17.0 Å². The van der Waals surface area contributed by atoms with E-state index in [9.17, 15) is 13.2 Å². The van der Waals surface area contributed by atoms with Crippen LogP contribution in [0.1, 0.15) is 39.3 Å². The summed E-state index contributed by atoms with van der Waals surface area (Å²) in [5, 5.41) is 2.85. The Kier molecular flexibility index (Phi) is 5.17. The van der Waals surface area contributed by atoms with E-state index in [2.05, 4.69) is 5.32 Å². The highest BCUT2D eigenvalue weighted by molar-refractivity contribution is 7.90. The third kappa shape index (κ3) is 4.82. The van der Waals surface area contributed by atoms with Crippen molar-refractivity contribution in [2.45, 2.75) is 44.7 Å². The standard InChI is InChI=1S/C15H24N2O3S/c1-10(17-14(18)13(16)15(2,3)4)11-6-8-12(9-7-11)21(5,19)20/h6-10,13H,16H2,1-5H3,(H,17,18)/t10?,13-/m1/s1. The van der Waals surface area contributed by atoms with E-state index in [0.717, 1.165) is 11.8 Å². The molecule has 0 aliphatic carbocycles. The summed E-state index contributed by atoms with van der Waals surface area (Å²) in [7, 11) is -3.21. The van der Waals surface area contributed by atoms with Crippen LogP contribution >= 0.6 is 0 Å². The van der Waals surface area contributed by atoms with Gasteiger partial charge in [-0.2, -0.15) is 0 Å². The van der Waals surface area contributed by atoms with Gasteiger partial charge in [0.25, 0.3) is 0 Å². The maximum atomic E-state index is 12.1. The molecule has 0 bridgehead atoms. The van der Waals surface area contributed by atoms with Crippen LogP contribution in [0.5, 0.6) is 0 Å². The number of nitrogens with two attached hydrogens (primary N) is 1. The fourth-order valence-electron chi connectivity index (χ4n) is 1.78. The minimum atomic E-state index is -3.21. The van der Waals surface area contributed by atoms with Crippen molar-refractivity contribution in [1.82, 2.24) is 5.32 Å².